The van der Waals surface area contributed by atoms with Crippen LogP contribution in [0.1, 0.15) is 36.8 Å². The molecule has 170 valence electrons. The minimum absolute atomic E-state index is 0.0224. The average molecular weight is 444 g/mol. The molecular formula is C23H26F2N4O3. The van der Waals surface area contributed by atoms with Gasteiger partial charge in [-0.2, -0.15) is 5.10 Å². The van der Waals surface area contributed by atoms with Gasteiger partial charge in [0.15, 0.2) is 5.69 Å². The number of fused-ring (bicyclic) bond motifs is 1. The van der Waals surface area contributed by atoms with E-state index in [2.05, 4.69) is 15.7 Å². The van der Waals surface area contributed by atoms with Crippen molar-refractivity contribution in [2.45, 2.75) is 33.4 Å². The summed E-state index contributed by atoms with van der Waals surface area (Å²) in [5.74, 6) is -2.01. The van der Waals surface area contributed by atoms with E-state index in [1.807, 2.05) is 0 Å². The summed E-state index contributed by atoms with van der Waals surface area (Å²) in [4.78, 5) is 25.7. The fourth-order valence-electron chi connectivity index (χ4n) is 3.39. The molecule has 0 radical (unpaired) electrons. The summed E-state index contributed by atoms with van der Waals surface area (Å²) in [5.41, 5.74) is 0.166. The van der Waals surface area contributed by atoms with Crippen molar-refractivity contribution in [3.8, 4) is 0 Å². The van der Waals surface area contributed by atoms with Crippen LogP contribution in [0.25, 0.3) is 10.9 Å². The minimum Gasteiger partial charge on any atom is -0.395 e. The molecule has 1 atom stereocenters. The third kappa shape index (κ3) is 5.11. The molecule has 0 bridgehead atoms. The first-order chi connectivity index (χ1) is 15.1. The number of nitrogens with one attached hydrogen (secondary N) is 2. The highest BCUT2D eigenvalue weighted by Gasteiger charge is 2.34. The van der Waals surface area contributed by atoms with Gasteiger partial charge in [-0.25, -0.2) is 8.78 Å². The summed E-state index contributed by atoms with van der Waals surface area (Å²) in [6.07, 6.45) is 0. The topological polar surface area (TPSA) is 96.2 Å². The summed E-state index contributed by atoms with van der Waals surface area (Å²) >= 11 is 0. The first-order valence-corrected chi connectivity index (χ1v) is 10.2. The maximum Gasteiger partial charge on any atom is 0.273 e. The number of benzene rings is 2. The molecule has 9 heteroatoms. The zero-order valence-electron chi connectivity index (χ0n) is 18.2. The third-order valence-electron chi connectivity index (χ3n) is 5.00. The van der Waals surface area contributed by atoms with E-state index >= 15 is 0 Å². The van der Waals surface area contributed by atoms with Crippen molar-refractivity contribution >= 4 is 22.7 Å². The fraction of sp³-hybridized carbons (Fsp3) is 0.348. The van der Waals surface area contributed by atoms with Crippen molar-refractivity contribution in [1.29, 1.82) is 0 Å². The second kappa shape index (κ2) is 9.44. The quantitative estimate of drug-likeness (QED) is 0.522. The molecule has 0 aliphatic rings. The van der Waals surface area contributed by atoms with Gasteiger partial charge < -0.3 is 15.7 Å². The van der Waals surface area contributed by atoms with Crippen molar-refractivity contribution < 1.29 is 23.5 Å². The zero-order valence-corrected chi connectivity index (χ0v) is 18.2. The Balaban J connectivity index is 1.97. The average Bonchev–Trinajstić information content (AvgIpc) is 3.10. The number of rotatable bonds is 7. The van der Waals surface area contributed by atoms with Gasteiger partial charge in [0.1, 0.15) is 23.2 Å². The summed E-state index contributed by atoms with van der Waals surface area (Å²) in [7, 11) is 0. The number of aliphatic hydroxyl groups excluding tert-OH is 1. The number of amides is 2. The zero-order chi connectivity index (χ0) is 23.5. The van der Waals surface area contributed by atoms with Crippen LogP contribution in [0.3, 0.4) is 0 Å². The van der Waals surface area contributed by atoms with Crippen LogP contribution >= 0.6 is 0 Å². The fourth-order valence-corrected chi connectivity index (χ4v) is 3.39. The summed E-state index contributed by atoms with van der Waals surface area (Å²) < 4.78 is 29.3. The second-order valence-corrected chi connectivity index (χ2v) is 8.56. The van der Waals surface area contributed by atoms with Gasteiger partial charge in [0, 0.05) is 11.9 Å². The van der Waals surface area contributed by atoms with Crippen molar-refractivity contribution in [1.82, 2.24) is 20.4 Å². The van der Waals surface area contributed by atoms with Crippen molar-refractivity contribution in [3.63, 3.8) is 0 Å². The largest absolute Gasteiger partial charge is 0.395 e. The van der Waals surface area contributed by atoms with Crippen molar-refractivity contribution in [2.24, 2.45) is 5.41 Å². The van der Waals surface area contributed by atoms with Crippen molar-refractivity contribution in [2.75, 3.05) is 13.2 Å². The number of hydrogen-bond donors (Lipinski definition) is 3. The van der Waals surface area contributed by atoms with Crippen LogP contribution in [-0.4, -0.2) is 45.9 Å². The Morgan fingerprint density at radius 2 is 1.81 bits per heavy atom. The lowest BCUT2D eigenvalue weighted by Gasteiger charge is -2.30. The number of halogens is 2. The Kier molecular flexibility index (Phi) is 6.88. The number of aliphatic hydroxyl groups is 1. The number of hydrogen-bond acceptors (Lipinski definition) is 4. The molecule has 2 amide bonds. The van der Waals surface area contributed by atoms with Gasteiger partial charge in [0.25, 0.3) is 5.91 Å². The predicted molar refractivity (Wildman–Crippen MR) is 116 cm³/mol. The minimum atomic E-state index is -0.910. The molecule has 32 heavy (non-hydrogen) atoms. The van der Waals surface area contributed by atoms with Crippen LogP contribution in [0, 0.1) is 17.0 Å². The Morgan fingerprint density at radius 1 is 1.12 bits per heavy atom. The molecule has 0 spiro atoms. The van der Waals surface area contributed by atoms with E-state index in [0.717, 1.165) is 0 Å². The smallest absolute Gasteiger partial charge is 0.273 e. The third-order valence-corrected chi connectivity index (χ3v) is 5.00. The first-order valence-electron chi connectivity index (χ1n) is 10.2. The monoisotopic (exact) mass is 444 g/mol. The molecule has 0 aliphatic heterocycles. The van der Waals surface area contributed by atoms with E-state index in [0.29, 0.717) is 10.9 Å². The number of nitrogens with zero attached hydrogens (tertiary/aromatic N) is 2. The molecule has 0 aliphatic carbocycles. The standard InChI is InChI=1S/C23H26F2N4O3/c1-23(2,3)20(22(32)26-11-12-30)27-21(31)18-16-5-4-6-17(25)19(16)29(28-18)13-14-7-9-15(24)10-8-14/h4-10,20,30H,11-13H2,1-3H3,(H,26,32)(H,27,31)/t20-/m1/s1. The highest BCUT2D eigenvalue weighted by molar-refractivity contribution is 6.06. The molecule has 7 nitrogen and oxygen atoms in total. The maximum atomic E-state index is 14.7. The SMILES string of the molecule is CC(C)(C)[C@H](NC(=O)c1nn(Cc2ccc(F)cc2)c2c(F)cccc12)C(=O)NCCO. The molecule has 3 rings (SSSR count). The number of carbonyl (C=O) groups excluding carboxylic acids is 2. The number of aromatic nitrogens is 2. The van der Waals surface area contributed by atoms with Gasteiger partial charge in [-0.1, -0.05) is 45.0 Å². The van der Waals surface area contributed by atoms with Gasteiger partial charge in [-0.05, 0) is 29.2 Å². The molecule has 1 aromatic heterocycles. The van der Waals surface area contributed by atoms with Crippen LogP contribution in [-0.2, 0) is 11.3 Å². The highest BCUT2D eigenvalue weighted by atomic mass is 19.1. The number of carbonyl (C=O) groups is 2. The molecule has 3 N–H and O–H groups in total. The van der Waals surface area contributed by atoms with E-state index in [1.54, 1.807) is 39.0 Å². The van der Waals surface area contributed by atoms with Gasteiger partial charge in [0.05, 0.1) is 13.2 Å². The molecule has 1 heterocycles. The van der Waals surface area contributed by atoms with Gasteiger partial charge >= 0.3 is 0 Å². The first kappa shape index (κ1) is 23.3. The molecule has 0 saturated carbocycles. The van der Waals surface area contributed by atoms with Gasteiger partial charge in [-0.3, -0.25) is 14.3 Å². The van der Waals surface area contributed by atoms with E-state index < -0.39 is 34.9 Å². The van der Waals surface area contributed by atoms with E-state index in [9.17, 15) is 18.4 Å². The van der Waals surface area contributed by atoms with E-state index in [4.69, 9.17) is 5.11 Å². The van der Waals surface area contributed by atoms with Crippen LogP contribution in [0.2, 0.25) is 0 Å². The lowest BCUT2D eigenvalue weighted by atomic mass is 9.86. The summed E-state index contributed by atoms with van der Waals surface area (Å²) in [5, 5.41) is 18.9. The van der Waals surface area contributed by atoms with Crippen LogP contribution in [0.15, 0.2) is 42.5 Å². The molecule has 0 saturated heterocycles. The predicted octanol–water partition coefficient (Wildman–Crippen LogP) is 2.62. The van der Waals surface area contributed by atoms with Crippen LogP contribution in [0.5, 0.6) is 0 Å². The molecule has 2 aromatic carbocycles. The second-order valence-electron chi connectivity index (χ2n) is 8.56. The lowest BCUT2D eigenvalue weighted by Crippen LogP contribution is -2.54. The number of para-hydroxylation sites is 1. The lowest BCUT2D eigenvalue weighted by molar-refractivity contribution is -0.125. The van der Waals surface area contributed by atoms with Gasteiger partial charge in [-0.15, -0.1) is 0 Å². The van der Waals surface area contributed by atoms with E-state index in [-0.39, 0.29) is 30.9 Å². The highest BCUT2D eigenvalue weighted by Crippen LogP contribution is 2.24. The van der Waals surface area contributed by atoms with Crippen LogP contribution < -0.4 is 10.6 Å². The van der Waals surface area contributed by atoms with Gasteiger partial charge in [0.2, 0.25) is 5.91 Å². The summed E-state index contributed by atoms with van der Waals surface area (Å²) in [6, 6.07) is 9.13. The Bertz CT molecular complexity index is 1120. The van der Waals surface area contributed by atoms with Crippen LogP contribution in [0.4, 0.5) is 8.78 Å². The normalized spacial score (nSPS) is 12.6. The Morgan fingerprint density at radius 3 is 2.44 bits per heavy atom. The molecule has 3 aromatic rings. The van der Waals surface area contributed by atoms with E-state index in [1.165, 1.54) is 28.9 Å². The Hall–Kier alpha value is -3.33. The Labute approximate surface area is 184 Å². The summed E-state index contributed by atoms with van der Waals surface area (Å²) in [6.45, 7) is 5.34. The van der Waals surface area contributed by atoms with Crippen molar-refractivity contribution in [3.05, 3.63) is 65.4 Å². The maximum absolute atomic E-state index is 14.7. The molecule has 0 fully saturated rings. The molecular weight excluding hydrogens is 418 g/mol. The molecule has 0 unspecified atom stereocenters.